The number of thioether (sulfide) groups is 1. The molecule has 0 saturated carbocycles. The molecule has 1 aromatic carbocycles. The molecular formula is C15H21FN2OS. The summed E-state index contributed by atoms with van der Waals surface area (Å²) in [6.07, 6.45) is 3.53. The largest absolute Gasteiger partial charge is 0.333 e. The van der Waals surface area contributed by atoms with Crippen LogP contribution in [0.3, 0.4) is 0 Å². The molecule has 3 nitrogen and oxygen atoms in total. The Kier molecular flexibility index (Phi) is 5.86. The molecule has 1 heterocycles. The number of halogens is 1. The van der Waals surface area contributed by atoms with E-state index in [-0.39, 0.29) is 17.8 Å². The molecule has 1 aliphatic heterocycles. The Labute approximate surface area is 123 Å². The van der Waals surface area contributed by atoms with Gasteiger partial charge in [0.05, 0.1) is 6.04 Å². The van der Waals surface area contributed by atoms with Gasteiger partial charge in [0, 0.05) is 26.1 Å². The average molecular weight is 296 g/mol. The first-order valence-electron chi connectivity index (χ1n) is 6.97. The van der Waals surface area contributed by atoms with Crippen molar-refractivity contribution in [2.45, 2.75) is 18.9 Å². The second-order valence-corrected chi connectivity index (χ2v) is 5.94. The third kappa shape index (κ3) is 3.96. The van der Waals surface area contributed by atoms with Gasteiger partial charge in [-0.25, -0.2) is 4.39 Å². The quantitative estimate of drug-likeness (QED) is 0.847. The van der Waals surface area contributed by atoms with Crippen molar-refractivity contribution in [2.75, 3.05) is 31.6 Å². The van der Waals surface area contributed by atoms with Crippen LogP contribution in [0.15, 0.2) is 24.3 Å². The van der Waals surface area contributed by atoms with Crippen molar-refractivity contribution in [2.24, 2.45) is 0 Å². The van der Waals surface area contributed by atoms with Crippen LogP contribution in [-0.4, -0.2) is 42.4 Å². The van der Waals surface area contributed by atoms with Gasteiger partial charge in [0.25, 0.3) is 0 Å². The maximum atomic E-state index is 13.4. The van der Waals surface area contributed by atoms with E-state index in [1.54, 1.807) is 17.8 Å². The second-order valence-electron chi connectivity index (χ2n) is 4.96. The van der Waals surface area contributed by atoms with Gasteiger partial charge in [-0.3, -0.25) is 4.79 Å². The number of benzene rings is 1. The lowest BCUT2D eigenvalue weighted by molar-refractivity contribution is -0.134. The predicted octanol–water partition coefficient (Wildman–Crippen LogP) is 2.44. The molecule has 1 unspecified atom stereocenters. The van der Waals surface area contributed by atoms with Crippen molar-refractivity contribution in [3.05, 3.63) is 35.6 Å². The highest BCUT2D eigenvalue weighted by atomic mass is 32.2. The first-order chi connectivity index (χ1) is 9.72. The molecule has 0 radical (unpaired) electrons. The number of hydrogen-bond donors (Lipinski definition) is 1. The van der Waals surface area contributed by atoms with Crippen molar-refractivity contribution in [1.29, 1.82) is 0 Å². The number of carbonyl (C=O) groups excluding carboxylic acids is 1. The molecule has 1 saturated heterocycles. The maximum Gasteiger partial charge on any atom is 0.223 e. The van der Waals surface area contributed by atoms with Crippen LogP contribution in [0.1, 0.15) is 24.4 Å². The molecule has 0 bridgehead atoms. The third-order valence-electron chi connectivity index (χ3n) is 3.54. The molecule has 0 spiro atoms. The molecule has 1 aromatic rings. The minimum atomic E-state index is -0.247. The van der Waals surface area contributed by atoms with Gasteiger partial charge in [-0.2, -0.15) is 11.8 Å². The molecule has 1 atom stereocenters. The van der Waals surface area contributed by atoms with E-state index in [9.17, 15) is 9.18 Å². The van der Waals surface area contributed by atoms with E-state index in [4.69, 9.17) is 0 Å². The summed E-state index contributed by atoms with van der Waals surface area (Å²) < 4.78 is 13.4. The van der Waals surface area contributed by atoms with Crippen LogP contribution in [0.2, 0.25) is 0 Å². The molecule has 1 fully saturated rings. The third-order valence-corrected chi connectivity index (χ3v) is 4.23. The first-order valence-corrected chi connectivity index (χ1v) is 8.36. The number of hydrogen-bond acceptors (Lipinski definition) is 3. The highest BCUT2D eigenvalue weighted by Crippen LogP contribution is 2.24. The van der Waals surface area contributed by atoms with Crippen LogP contribution in [0.5, 0.6) is 0 Å². The lowest BCUT2D eigenvalue weighted by Crippen LogP contribution is -2.48. The average Bonchev–Trinajstić information content (AvgIpc) is 2.47. The Hall–Kier alpha value is -1.07. The normalized spacial score (nSPS) is 19.1. The number of piperazine rings is 1. The van der Waals surface area contributed by atoms with Crippen LogP contribution < -0.4 is 5.32 Å². The lowest BCUT2D eigenvalue weighted by atomic mass is 10.0. The van der Waals surface area contributed by atoms with Crippen molar-refractivity contribution < 1.29 is 9.18 Å². The van der Waals surface area contributed by atoms with E-state index in [2.05, 4.69) is 5.32 Å². The smallest absolute Gasteiger partial charge is 0.223 e. The van der Waals surface area contributed by atoms with Gasteiger partial charge < -0.3 is 10.2 Å². The van der Waals surface area contributed by atoms with Gasteiger partial charge in [0.15, 0.2) is 0 Å². The standard InChI is InChI=1S/C15H21FN2OS/c1-20-9-3-6-15(19)18-8-7-17-11-14(18)12-4-2-5-13(16)10-12/h2,4-5,10,14,17H,3,6-9,11H2,1H3. The van der Waals surface area contributed by atoms with Crippen LogP contribution in [0, 0.1) is 5.82 Å². The highest BCUT2D eigenvalue weighted by molar-refractivity contribution is 7.98. The van der Waals surface area contributed by atoms with Crippen LogP contribution >= 0.6 is 11.8 Å². The molecule has 5 heteroatoms. The van der Waals surface area contributed by atoms with E-state index >= 15 is 0 Å². The van der Waals surface area contributed by atoms with Gasteiger partial charge in [-0.1, -0.05) is 12.1 Å². The summed E-state index contributed by atoms with van der Waals surface area (Å²) in [6.45, 7) is 2.19. The zero-order valence-corrected chi connectivity index (χ0v) is 12.6. The van der Waals surface area contributed by atoms with E-state index < -0.39 is 0 Å². The van der Waals surface area contributed by atoms with Gasteiger partial charge in [-0.15, -0.1) is 0 Å². The monoisotopic (exact) mass is 296 g/mol. The number of amides is 1. The molecule has 0 aromatic heterocycles. The van der Waals surface area contributed by atoms with Crippen molar-refractivity contribution in [3.63, 3.8) is 0 Å². The topological polar surface area (TPSA) is 32.3 Å². The van der Waals surface area contributed by atoms with Crippen LogP contribution in [0.25, 0.3) is 0 Å². The summed E-state index contributed by atoms with van der Waals surface area (Å²) in [5.74, 6) is 0.931. The van der Waals surface area contributed by atoms with Crippen LogP contribution in [-0.2, 0) is 4.79 Å². The minimum Gasteiger partial charge on any atom is -0.333 e. The maximum absolute atomic E-state index is 13.4. The van der Waals surface area contributed by atoms with Crippen molar-refractivity contribution >= 4 is 17.7 Å². The Bertz CT molecular complexity index is 455. The summed E-state index contributed by atoms with van der Waals surface area (Å²) in [5, 5.41) is 3.28. The molecule has 1 N–H and O–H groups in total. The Morgan fingerprint density at radius 2 is 2.40 bits per heavy atom. The number of nitrogens with zero attached hydrogens (tertiary/aromatic N) is 1. The fourth-order valence-electron chi connectivity index (χ4n) is 2.53. The summed E-state index contributed by atoms with van der Waals surface area (Å²) in [6, 6.07) is 6.50. The fourth-order valence-corrected chi connectivity index (χ4v) is 2.96. The fraction of sp³-hybridized carbons (Fsp3) is 0.533. The zero-order chi connectivity index (χ0) is 14.4. The number of rotatable bonds is 5. The molecule has 0 aliphatic carbocycles. The summed E-state index contributed by atoms with van der Waals surface area (Å²) in [5.41, 5.74) is 0.871. The van der Waals surface area contributed by atoms with Gasteiger partial charge in [0.1, 0.15) is 5.82 Å². The van der Waals surface area contributed by atoms with Gasteiger partial charge in [0.2, 0.25) is 5.91 Å². The van der Waals surface area contributed by atoms with Crippen molar-refractivity contribution in [1.82, 2.24) is 10.2 Å². The van der Waals surface area contributed by atoms with E-state index in [1.807, 2.05) is 17.2 Å². The Morgan fingerprint density at radius 1 is 1.55 bits per heavy atom. The highest BCUT2D eigenvalue weighted by Gasteiger charge is 2.27. The summed E-state index contributed by atoms with van der Waals surface area (Å²) in [4.78, 5) is 14.2. The predicted molar refractivity (Wildman–Crippen MR) is 81.3 cm³/mol. The second kappa shape index (κ2) is 7.64. The SMILES string of the molecule is CSCCCC(=O)N1CCNCC1c1cccc(F)c1. The van der Waals surface area contributed by atoms with Gasteiger partial charge in [-0.05, 0) is 36.1 Å². The molecule has 1 aliphatic rings. The number of nitrogens with one attached hydrogen (secondary N) is 1. The molecule has 2 rings (SSSR count). The van der Waals surface area contributed by atoms with E-state index in [0.717, 1.165) is 24.3 Å². The van der Waals surface area contributed by atoms with E-state index in [0.29, 0.717) is 19.5 Å². The minimum absolute atomic E-state index is 0.0544. The van der Waals surface area contributed by atoms with Gasteiger partial charge >= 0.3 is 0 Å². The van der Waals surface area contributed by atoms with Crippen molar-refractivity contribution in [3.8, 4) is 0 Å². The molecule has 1 amide bonds. The molecular weight excluding hydrogens is 275 g/mol. The Morgan fingerprint density at radius 3 is 3.15 bits per heavy atom. The molecule has 20 heavy (non-hydrogen) atoms. The molecule has 110 valence electrons. The zero-order valence-electron chi connectivity index (χ0n) is 11.8. The summed E-state index contributed by atoms with van der Waals surface area (Å²) >= 11 is 1.76. The first kappa shape index (κ1) is 15.3. The Balaban J connectivity index is 2.07. The summed E-state index contributed by atoms with van der Waals surface area (Å²) in [7, 11) is 0. The van der Waals surface area contributed by atoms with Crippen LogP contribution in [0.4, 0.5) is 4.39 Å². The van der Waals surface area contributed by atoms with E-state index in [1.165, 1.54) is 12.1 Å². The number of carbonyl (C=O) groups is 1. The lowest BCUT2D eigenvalue weighted by Gasteiger charge is -2.36.